The number of carboxylic acids is 1. The topological polar surface area (TPSA) is 214 Å². The second-order valence-electron chi connectivity index (χ2n) is 8.41. The molecule has 190 valence electrons. The van der Waals surface area contributed by atoms with Crippen LogP contribution in [0.15, 0.2) is 0 Å². The molecule has 12 nitrogen and oxygen atoms in total. The van der Waals surface area contributed by atoms with Crippen LogP contribution in [0.4, 0.5) is 0 Å². The first kappa shape index (κ1) is 30.3. The lowest BCUT2D eigenvalue weighted by atomic mass is 9.95. The van der Waals surface area contributed by atoms with Crippen molar-refractivity contribution in [1.82, 2.24) is 16.0 Å². The summed E-state index contributed by atoms with van der Waals surface area (Å²) in [7, 11) is 0. The van der Waals surface area contributed by atoms with Crippen LogP contribution in [0.3, 0.4) is 0 Å². The molecule has 7 atom stereocenters. The normalized spacial score (nSPS) is 17.4. The van der Waals surface area contributed by atoms with Gasteiger partial charge in [0, 0.05) is 6.42 Å². The number of hydrogen-bond donors (Lipinski definition) is 7. The average Bonchev–Trinajstić information content (AvgIpc) is 2.75. The van der Waals surface area contributed by atoms with E-state index in [0.29, 0.717) is 12.8 Å². The highest BCUT2D eigenvalue weighted by atomic mass is 16.4. The van der Waals surface area contributed by atoms with Crippen LogP contribution in [0.5, 0.6) is 0 Å². The van der Waals surface area contributed by atoms with Gasteiger partial charge in [-0.05, 0) is 25.2 Å². The summed E-state index contributed by atoms with van der Waals surface area (Å²) in [5, 5.41) is 26.4. The van der Waals surface area contributed by atoms with Crippen molar-refractivity contribution in [3.8, 4) is 0 Å². The van der Waals surface area contributed by atoms with E-state index in [2.05, 4.69) is 16.0 Å². The molecule has 12 heteroatoms. The Labute approximate surface area is 194 Å². The third-order valence-corrected chi connectivity index (χ3v) is 5.70. The standard InChI is InChI=1S/C21H39N5O7/c1-6-10(3)16(20(31)26-17(21(32)33)11(4)7-2)25-18(29)13(8-9-14(22)28)24-19(30)15(23)12(5)27/h10-13,15-17,27H,6-9,23H2,1-5H3,(H2,22,28)(H,24,30)(H,25,29)(H,26,31)(H,32,33). The van der Waals surface area contributed by atoms with Crippen LogP contribution in [-0.4, -0.2) is 70.1 Å². The van der Waals surface area contributed by atoms with E-state index in [9.17, 15) is 34.2 Å². The number of rotatable bonds is 15. The maximum Gasteiger partial charge on any atom is 0.326 e. The van der Waals surface area contributed by atoms with Crippen LogP contribution in [-0.2, 0) is 24.0 Å². The van der Waals surface area contributed by atoms with Gasteiger partial charge in [-0.3, -0.25) is 19.2 Å². The molecule has 0 radical (unpaired) electrons. The fourth-order valence-corrected chi connectivity index (χ4v) is 2.92. The molecule has 0 aromatic heterocycles. The molecule has 0 aromatic carbocycles. The Kier molecular flexibility index (Phi) is 13.2. The van der Waals surface area contributed by atoms with Crippen molar-refractivity contribution in [2.24, 2.45) is 23.3 Å². The molecule has 0 heterocycles. The molecule has 0 aliphatic rings. The predicted octanol–water partition coefficient (Wildman–Crippen LogP) is -1.41. The van der Waals surface area contributed by atoms with Gasteiger partial charge in [-0.25, -0.2) is 4.79 Å². The number of nitrogens with two attached hydrogens (primary N) is 2. The molecule has 0 spiro atoms. The SMILES string of the molecule is CCC(C)C(NC(=O)C(NC(=O)C(CCC(N)=O)NC(=O)C(N)C(C)O)C(C)CC)C(=O)O. The highest BCUT2D eigenvalue weighted by Crippen LogP contribution is 2.13. The molecule has 0 aliphatic carbocycles. The van der Waals surface area contributed by atoms with E-state index in [1.54, 1.807) is 27.7 Å². The van der Waals surface area contributed by atoms with Crippen molar-refractivity contribution in [3.05, 3.63) is 0 Å². The molecule has 0 fully saturated rings. The Morgan fingerprint density at radius 1 is 0.818 bits per heavy atom. The molecule has 0 aliphatic heterocycles. The van der Waals surface area contributed by atoms with Gasteiger partial charge in [0.25, 0.3) is 0 Å². The number of carbonyl (C=O) groups is 5. The number of primary amides is 1. The minimum absolute atomic E-state index is 0.154. The van der Waals surface area contributed by atoms with E-state index in [0.717, 1.165) is 0 Å². The number of carbonyl (C=O) groups excluding carboxylic acids is 4. The van der Waals surface area contributed by atoms with E-state index >= 15 is 0 Å². The monoisotopic (exact) mass is 473 g/mol. The molecule has 7 unspecified atom stereocenters. The lowest BCUT2D eigenvalue weighted by Gasteiger charge is -2.29. The fraction of sp³-hybridized carbons (Fsp3) is 0.762. The second-order valence-corrected chi connectivity index (χ2v) is 8.41. The lowest BCUT2D eigenvalue weighted by molar-refractivity contribution is -0.144. The summed E-state index contributed by atoms with van der Waals surface area (Å²) in [4.78, 5) is 60.9. The molecule has 0 rings (SSSR count). The Morgan fingerprint density at radius 3 is 1.73 bits per heavy atom. The van der Waals surface area contributed by atoms with E-state index in [4.69, 9.17) is 11.5 Å². The summed E-state index contributed by atoms with van der Waals surface area (Å²) in [5.74, 6) is -4.86. The number of nitrogens with one attached hydrogen (secondary N) is 3. The number of aliphatic hydroxyl groups excluding tert-OH is 1. The number of aliphatic carboxylic acids is 1. The second kappa shape index (κ2) is 14.4. The lowest BCUT2D eigenvalue weighted by Crippen LogP contribution is -2.60. The van der Waals surface area contributed by atoms with E-state index in [-0.39, 0.29) is 24.7 Å². The fourth-order valence-electron chi connectivity index (χ4n) is 2.92. The summed E-state index contributed by atoms with van der Waals surface area (Å²) < 4.78 is 0. The summed E-state index contributed by atoms with van der Waals surface area (Å²) in [5.41, 5.74) is 10.8. The molecule has 0 saturated carbocycles. The van der Waals surface area contributed by atoms with Gasteiger partial charge in [0.2, 0.25) is 23.6 Å². The molecule has 0 bridgehead atoms. The largest absolute Gasteiger partial charge is 0.480 e. The van der Waals surface area contributed by atoms with Gasteiger partial charge >= 0.3 is 5.97 Å². The van der Waals surface area contributed by atoms with Gasteiger partial charge in [0.15, 0.2) is 0 Å². The van der Waals surface area contributed by atoms with Crippen LogP contribution in [0.2, 0.25) is 0 Å². The quantitative estimate of drug-likeness (QED) is 0.150. The van der Waals surface area contributed by atoms with Crippen LogP contribution in [0.25, 0.3) is 0 Å². The van der Waals surface area contributed by atoms with Crippen molar-refractivity contribution in [2.75, 3.05) is 0 Å². The first-order chi connectivity index (χ1) is 15.3. The van der Waals surface area contributed by atoms with Crippen LogP contribution >= 0.6 is 0 Å². The molecule has 0 aromatic rings. The summed E-state index contributed by atoms with van der Waals surface area (Å²) in [6.07, 6.45) is -0.555. The molecular weight excluding hydrogens is 434 g/mol. The van der Waals surface area contributed by atoms with Crippen LogP contribution in [0.1, 0.15) is 60.3 Å². The number of carboxylic acid groups (broad SMARTS) is 1. The van der Waals surface area contributed by atoms with Crippen molar-refractivity contribution < 1.29 is 34.2 Å². The van der Waals surface area contributed by atoms with Crippen molar-refractivity contribution >= 4 is 29.6 Å². The van der Waals surface area contributed by atoms with Crippen LogP contribution < -0.4 is 27.4 Å². The Balaban J connectivity index is 5.67. The Morgan fingerprint density at radius 2 is 1.30 bits per heavy atom. The molecule has 9 N–H and O–H groups in total. The first-order valence-corrected chi connectivity index (χ1v) is 11.1. The van der Waals surface area contributed by atoms with E-state index in [1.165, 1.54) is 6.92 Å². The van der Waals surface area contributed by atoms with E-state index in [1.807, 2.05) is 0 Å². The summed E-state index contributed by atoms with van der Waals surface area (Å²) in [6, 6.07) is -4.79. The maximum atomic E-state index is 13.0. The number of aliphatic hydroxyl groups is 1. The molecule has 4 amide bonds. The zero-order valence-electron chi connectivity index (χ0n) is 20.0. The Hall–Kier alpha value is -2.73. The van der Waals surface area contributed by atoms with Gasteiger partial charge in [0.1, 0.15) is 24.2 Å². The highest BCUT2D eigenvalue weighted by Gasteiger charge is 2.34. The minimum atomic E-state index is -1.31. The third kappa shape index (κ3) is 10.2. The smallest absolute Gasteiger partial charge is 0.326 e. The third-order valence-electron chi connectivity index (χ3n) is 5.70. The van der Waals surface area contributed by atoms with Crippen LogP contribution in [0, 0.1) is 11.8 Å². The van der Waals surface area contributed by atoms with Gasteiger partial charge in [-0.2, -0.15) is 0 Å². The zero-order valence-corrected chi connectivity index (χ0v) is 20.0. The molecule has 0 saturated heterocycles. The van der Waals surface area contributed by atoms with Gasteiger partial charge in [-0.1, -0.05) is 40.5 Å². The van der Waals surface area contributed by atoms with Gasteiger partial charge in [-0.15, -0.1) is 0 Å². The number of amides is 4. The average molecular weight is 474 g/mol. The highest BCUT2D eigenvalue weighted by molar-refractivity contribution is 5.94. The summed E-state index contributed by atoms with van der Waals surface area (Å²) in [6.45, 7) is 8.31. The van der Waals surface area contributed by atoms with Gasteiger partial charge < -0.3 is 37.6 Å². The zero-order chi connectivity index (χ0) is 25.9. The predicted molar refractivity (Wildman–Crippen MR) is 120 cm³/mol. The van der Waals surface area contributed by atoms with Crippen molar-refractivity contribution in [2.45, 2.75) is 90.6 Å². The maximum absolute atomic E-state index is 13.0. The van der Waals surface area contributed by atoms with E-state index < -0.39 is 59.9 Å². The Bertz CT molecular complexity index is 700. The minimum Gasteiger partial charge on any atom is -0.480 e. The first-order valence-electron chi connectivity index (χ1n) is 11.1. The molecule has 33 heavy (non-hydrogen) atoms. The van der Waals surface area contributed by atoms with Gasteiger partial charge in [0.05, 0.1) is 6.10 Å². The molecular formula is C21H39N5O7. The summed E-state index contributed by atoms with van der Waals surface area (Å²) >= 11 is 0. The van der Waals surface area contributed by atoms with Crippen molar-refractivity contribution in [1.29, 1.82) is 0 Å². The number of hydrogen-bond acceptors (Lipinski definition) is 7. The van der Waals surface area contributed by atoms with Crippen molar-refractivity contribution in [3.63, 3.8) is 0 Å².